The lowest BCUT2D eigenvalue weighted by Gasteiger charge is -2.42. The average molecular weight is 373 g/mol. The highest BCUT2D eigenvalue weighted by Gasteiger charge is 2.35. The molecule has 2 unspecified atom stereocenters. The van der Waals surface area contributed by atoms with E-state index in [9.17, 15) is 0 Å². The van der Waals surface area contributed by atoms with E-state index in [0.29, 0.717) is 0 Å². The van der Waals surface area contributed by atoms with Crippen LogP contribution in [0.2, 0.25) is 0 Å². The molecule has 0 aliphatic heterocycles. The van der Waals surface area contributed by atoms with Gasteiger partial charge >= 0.3 is 0 Å². The highest BCUT2D eigenvalue weighted by atomic mass is 14.4. The van der Waals surface area contributed by atoms with Gasteiger partial charge in [-0.3, -0.25) is 0 Å². The third kappa shape index (κ3) is 5.33. The molecule has 0 N–H and O–H groups in total. The first-order chi connectivity index (χ1) is 13.2. The summed E-state index contributed by atoms with van der Waals surface area (Å²) in [6.07, 6.45) is 26.5. The van der Waals surface area contributed by atoms with Crippen LogP contribution >= 0.6 is 0 Å². The Morgan fingerprint density at radius 1 is 0.296 bits per heavy atom. The molecule has 4 aliphatic rings. The van der Waals surface area contributed by atoms with Crippen LogP contribution < -0.4 is 0 Å². The van der Waals surface area contributed by atoms with E-state index in [2.05, 4.69) is 13.8 Å². The Kier molecular flexibility index (Phi) is 7.26. The maximum atomic E-state index is 2.49. The summed E-state index contributed by atoms with van der Waals surface area (Å²) in [4.78, 5) is 0. The van der Waals surface area contributed by atoms with Crippen molar-refractivity contribution in [1.29, 1.82) is 0 Å². The lowest BCUT2D eigenvalue weighted by molar-refractivity contribution is 0.0945. The van der Waals surface area contributed by atoms with E-state index in [1.807, 2.05) is 0 Å². The first kappa shape index (κ1) is 20.3. The molecular weight excluding hydrogens is 324 g/mol. The van der Waals surface area contributed by atoms with Crippen LogP contribution in [-0.4, -0.2) is 0 Å². The number of hydrogen-bond acceptors (Lipinski definition) is 0. The van der Waals surface area contributed by atoms with Gasteiger partial charge in [0.05, 0.1) is 0 Å². The van der Waals surface area contributed by atoms with Gasteiger partial charge < -0.3 is 0 Å². The van der Waals surface area contributed by atoms with Gasteiger partial charge in [0.2, 0.25) is 0 Å². The maximum absolute atomic E-state index is 2.49. The fourth-order valence-electron chi connectivity index (χ4n) is 7.92. The zero-order valence-electron chi connectivity index (χ0n) is 18.6. The van der Waals surface area contributed by atoms with Gasteiger partial charge in [-0.05, 0) is 118 Å². The Labute approximate surface area is 170 Å². The van der Waals surface area contributed by atoms with Gasteiger partial charge in [-0.25, -0.2) is 0 Å². The molecule has 2 atom stereocenters. The molecule has 4 fully saturated rings. The van der Waals surface area contributed by atoms with Crippen LogP contribution in [0.1, 0.15) is 123 Å². The Balaban J connectivity index is 1.18. The van der Waals surface area contributed by atoms with E-state index >= 15 is 0 Å². The van der Waals surface area contributed by atoms with Crippen LogP contribution in [0.15, 0.2) is 0 Å². The maximum Gasteiger partial charge on any atom is -0.0386 e. The summed E-state index contributed by atoms with van der Waals surface area (Å²) in [6.45, 7) is 4.96. The molecule has 0 heteroatoms. The minimum Gasteiger partial charge on any atom is -0.0625 e. The molecule has 27 heavy (non-hydrogen) atoms. The lowest BCUT2D eigenvalue weighted by Crippen LogP contribution is -2.30. The van der Waals surface area contributed by atoms with Crippen LogP contribution in [0.5, 0.6) is 0 Å². The normalized spacial score (nSPS) is 47.3. The van der Waals surface area contributed by atoms with Crippen LogP contribution in [0.3, 0.4) is 0 Å². The molecule has 0 nitrogen and oxygen atoms in total. The van der Waals surface area contributed by atoms with Crippen LogP contribution in [0.25, 0.3) is 0 Å². The molecule has 0 saturated heterocycles. The summed E-state index contributed by atoms with van der Waals surface area (Å²) in [6, 6.07) is 0. The van der Waals surface area contributed by atoms with Gasteiger partial charge in [0.25, 0.3) is 0 Å². The first-order valence-electron chi connectivity index (χ1n) is 13.2. The minimum atomic E-state index is 1.01. The van der Waals surface area contributed by atoms with Gasteiger partial charge in [0, 0.05) is 0 Å². The van der Waals surface area contributed by atoms with Crippen molar-refractivity contribution in [2.45, 2.75) is 123 Å². The fraction of sp³-hybridized carbons (Fsp3) is 1.00. The molecule has 0 aromatic carbocycles. The summed E-state index contributed by atoms with van der Waals surface area (Å²) in [5.74, 6) is 8.66. The SMILES string of the molecule is CC1CCCC(C2CCC(C3CCC(C4CCC(C)CC4)CC3)CC2)CC1. The third-order valence-electron chi connectivity index (χ3n) is 10.00. The van der Waals surface area contributed by atoms with Crippen molar-refractivity contribution in [3.8, 4) is 0 Å². The summed E-state index contributed by atoms with van der Waals surface area (Å²) >= 11 is 0. The van der Waals surface area contributed by atoms with Crippen molar-refractivity contribution < 1.29 is 0 Å². The molecule has 0 aromatic rings. The van der Waals surface area contributed by atoms with Crippen molar-refractivity contribution in [1.82, 2.24) is 0 Å². The van der Waals surface area contributed by atoms with Gasteiger partial charge in [0.15, 0.2) is 0 Å². The molecule has 4 aliphatic carbocycles. The van der Waals surface area contributed by atoms with E-state index < -0.39 is 0 Å². The average Bonchev–Trinajstić information content (AvgIpc) is 2.93. The zero-order chi connectivity index (χ0) is 18.6. The first-order valence-corrected chi connectivity index (χ1v) is 13.2. The van der Waals surface area contributed by atoms with E-state index in [-0.39, 0.29) is 0 Å². The Morgan fingerprint density at radius 2 is 0.556 bits per heavy atom. The standard InChI is InChI=1S/C27H48/c1-20-4-3-5-22(9-6-20)24-12-14-26(15-13-24)27-18-16-25(17-19-27)23-10-7-21(2)8-11-23/h20-27H,3-19H2,1-2H3. The topological polar surface area (TPSA) is 0 Å². The molecule has 0 aromatic heterocycles. The molecule has 0 bridgehead atoms. The smallest absolute Gasteiger partial charge is 0.0386 e. The monoisotopic (exact) mass is 372 g/mol. The van der Waals surface area contributed by atoms with Gasteiger partial charge in [0.1, 0.15) is 0 Å². The summed E-state index contributed by atoms with van der Waals surface area (Å²) < 4.78 is 0. The van der Waals surface area contributed by atoms with Crippen molar-refractivity contribution in [2.75, 3.05) is 0 Å². The lowest BCUT2D eigenvalue weighted by atomic mass is 9.64. The summed E-state index contributed by atoms with van der Waals surface area (Å²) in [7, 11) is 0. The van der Waals surface area contributed by atoms with E-state index in [4.69, 9.17) is 0 Å². The van der Waals surface area contributed by atoms with Crippen molar-refractivity contribution >= 4 is 0 Å². The second-order valence-corrected chi connectivity index (χ2v) is 11.7. The molecular formula is C27H48. The van der Waals surface area contributed by atoms with E-state index in [1.54, 1.807) is 77.0 Å². The largest absolute Gasteiger partial charge is 0.0625 e. The third-order valence-corrected chi connectivity index (χ3v) is 10.00. The van der Waals surface area contributed by atoms with Gasteiger partial charge in [-0.15, -0.1) is 0 Å². The fourth-order valence-corrected chi connectivity index (χ4v) is 7.92. The number of rotatable bonds is 3. The van der Waals surface area contributed by atoms with Crippen molar-refractivity contribution in [3.63, 3.8) is 0 Å². The van der Waals surface area contributed by atoms with Crippen LogP contribution in [-0.2, 0) is 0 Å². The Hall–Kier alpha value is 0. The molecule has 4 rings (SSSR count). The van der Waals surface area contributed by atoms with E-state index in [1.165, 1.54) is 32.1 Å². The Bertz CT molecular complexity index is 415. The Morgan fingerprint density at radius 3 is 0.926 bits per heavy atom. The highest BCUT2D eigenvalue weighted by molar-refractivity contribution is 4.87. The summed E-state index contributed by atoms with van der Waals surface area (Å²) in [5, 5.41) is 0. The molecule has 156 valence electrons. The second-order valence-electron chi connectivity index (χ2n) is 11.7. The minimum absolute atomic E-state index is 1.01. The molecule has 0 spiro atoms. The zero-order valence-corrected chi connectivity index (χ0v) is 18.6. The van der Waals surface area contributed by atoms with Gasteiger partial charge in [-0.1, -0.05) is 52.4 Å². The van der Waals surface area contributed by atoms with Crippen LogP contribution in [0.4, 0.5) is 0 Å². The van der Waals surface area contributed by atoms with Crippen molar-refractivity contribution in [2.24, 2.45) is 47.3 Å². The second kappa shape index (κ2) is 9.67. The van der Waals surface area contributed by atoms with Crippen LogP contribution in [0, 0.1) is 47.3 Å². The summed E-state index contributed by atoms with van der Waals surface area (Å²) in [5.41, 5.74) is 0. The predicted octanol–water partition coefficient (Wildman–Crippen LogP) is 8.64. The predicted molar refractivity (Wildman–Crippen MR) is 118 cm³/mol. The molecule has 4 saturated carbocycles. The number of hydrogen-bond donors (Lipinski definition) is 0. The van der Waals surface area contributed by atoms with Crippen molar-refractivity contribution in [3.05, 3.63) is 0 Å². The van der Waals surface area contributed by atoms with Gasteiger partial charge in [-0.2, -0.15) is 0 Å². The molecule has 0 heterocycles. The quantitative estimate of drug-likeness (QED) is 0.435. The molecule has 0 radical (unpaired) electrons. The molecule has 0 amide bonds. The van der Waals surface area contributed by atoms with E-state index in [0.717, 1.165) is 47.3 Å². The highest BCUT2D eigenvalue weighted by Crippen LogP contribution is 2.47.